The lowest BCUT2D eigenvalue weighted by Gasteiger charge is -2.18. The molecular weight excluding hydrogens is 399 g/mol. The lowest BCUT2D eigenvalue weighted by Crippen LogP contribution is -2.25. The van der Waals surface area contributed by atoms with Crippen molar-refractivity contribution in [1.82, 2.24) is 9.97 Å². The van der Waals surface area contributed by atoms with Crippen LogP contribution in [0.15, 0.2) is 16.6 Å². The van der Waals surface area contributed by atoms with E-state index in [-0.39, 0.29) is 30.6 Å². The summed E-state index contributed by atoms with van der Waals surface area (Å²) in [6, 6.07) is 2.88. The molecule has 0 aliphatic carbocycles. The van der Waals surface area contributed by atoms with Crippen molar-refractivity contribution >= 4 is 33.0 Å². The number of fused-ring (bicyclic) bond motifs is 1. The Balaban J connectivity index is 2.09. The third-order valence-electron chi connectivity index (χ3n) is 2.78. The van der Waals surface area contributed by atoms with Crippen LogP contribution < -0.4 is 9.47 Å². The Morgan fingerprint density at radius 1 is 1.24 bits per heavy atom. The Kier molecular flexibility index (Phi) is 5.99. The largest absolute Gasteiger partial charge is 0.508 e. The smallest absolute Gasteiger partial charge is 0.473 e. The highest BCUT2D eigenvalue weighted by atomic mass is 79.9. The number of hydrogen-bond donors (Lipinski definition) is 0. The van der Waals surface area contributed by atoms with Gasteiger partial charge in [-0.25, -0.2) is 9.18 Å². The van der Waals surface area contributed by atoms with Crippen LogP contribution >= 0.6 is 15.9 Å². The summed E-state index contributed by atoms with van der Waals surface area (Å²) in [6.45, 7) is 5.14. The van der Waals surface area contributed by atoms with Crippen molar-refractivity contribution < 1.29 is 28.1 Å². The number of carbonyl (C=O) groups excluding carboxylic acids is 1. The molecule has 0 unspecified atom stereocenters. The molecule has 0 radical (unpaired) electrons. The van der Waals surface area contributed by atoms with Gasteiger partial charge in [0.05, 0.1) is 12.5 Å². The van der Waals surface area contributed by atoms with Gasteiger partial charge < -0.3 is 18.9 Å². The van der Waals surface area contributed by atoms with E-state index >= 15 is 0 Å². The van der Waals surface area contributed by atoms with E-state index in [0.717, 1.165) is 0 Å². The Labute approximate surface area is 152 Å². The van der Waals surface area contributed by atoms with Crippen molar-refractivity contribution in [2.45, 2.75) is 26.4 Å². The number of rotatable bonds is 5. The molecule has 1 aromatic heterocycles. The first-order chi connectivity index (χ1) is 11.7. The number of halogens is 2. The molecule has 0 aliphatic rings. The molecule has 1 aromatic carbocycles. The van der Waals surface area contributed by atoms with Crippen LogP contribution in [0.4, 0.5) is 9.18 Å². The molecule has 0 amide bonds. The Morgan fingerprint density at radius 3 is 2.60 bits per heavy atom. The monoisotopic (exact) mass is 416 g/mol. The topological polar surface area (TPSA) is 79.8 Å². The molecule has 0 bridgehead atoms. The van der Waals surface area contributed by atoms with Gasteiger partial charge >= 0.3 is 12.2 Å². The highest BCUT2D eigenvalue weighted by Gasteiger charge is 2.18. The van der Waals surface area contributed by atoms with Crippen molar-refractivity contribution in [2.75, 3.05) is 20.3 Å². The minimum Gasteiger partial charge on any atom is -0.473 e. The maximum Gasteiger partial charge on any atom is 0.508 e. The molecule has 0 aliphatic heterocycles. The van der Waals surface area contributed by atoms with Crippen LogP contribution in [-0.4, -0.2) is 42.0 Å². The zero-order valence-corrected chi connectivity index (χ0v) is 15.8. The normalized spacial score (nSPS) is 11.3. The second-order valence-corrected chi connectivity index (χ2v) is 6.88. The fraction of sp³-hybridized carbons (Fsp3) is 0.438. The average molecular weight is 417 g/mol. The van der Waals surface area contributed by atoms with Gasteiger partial charge in [0.25, 0.3) is 0 Å². The van der Waals surface area contributed by atoms with Crippen molar-refractivity contribution in [2.24, 2.45) is 0 Å². The highest BCUT2D eigenvalue weighted by Crippen LogP contribution is 2.29. The molecule has 0 N–H and O–H groups in total. The molecule has 2 rings (SSSR count). The van der Waals surface area contributed by atoms with Gasteiger partial charge in [0, 0.05) is 4.47 Å². The van der Waals surface area contributed by atoms with E-state index in [4.69, 9.17) is 18.9 Å². The average Bonchev–Trinajstić information content (AvgIpc) is 2.49. The van der Waals surface area contributed by atoms with E-state index in [1.165, 1.54) is 13.2 Å². The van der Waals surface area contributed by atoms with Crippen LogP contribution in [0.2, 0.25) is 0 Å². The van der Waals surface area contributed by atoms with Crippen molar-refractivity contribution in [3.05, 3.63) is 22.4 Å². The standard InChI is InChI=1S/C16H18BrFN2O5/c1-16(2,3)25-15(21)24-6-5-23-13-10-7-9(17)8-11(18)12(10)19-14(20-13)22-4/h7-8H,5-6H2,1-4H3. The fourth-order valence-electron chi connectivity index (χ4n) is 1.85. The number of methoxy groups -OCH3 is 1. The van der Waals surface area contributed by atoms with E-state index in [9.17, 15) is 9.18 Å². The minimum atomic E-state index is -0.796. The Bertz CT molecular complexity index is 779. The molecule has 0 saturated heterocycles. The fourth-order valence-corrected chi connectivity index (χ4v) is 2.28. The van der Waals surface area contributed by atoms with E-state index in [0.29, 0.717) is 9.86 Å². The zero-order chi connectivity index (χ0) is 18.6. The van der Waals surface area contributed by atoms with Gasteiger partial charge in [-0.2, -0.15) is 9.97 Å². The van der Waals surface area contributed by atoms with Gasteiger partial charge in [-0.15, -0.1) is 0 Å². The highest BCUT2D eigenvalue weighted by molar-refractivity contribution is 9.10. The first-order valence-electron chi connectivity index (χ1n) is 7.39. The first-order valence-corrected chi connectivity index (χ1v) is 8.18. The summed E-state index contributed by atoms with van der Waals surface area (Å²) in [7, 11) is 1.37. The SMILES string of the molecule is COc1nc(OCCOC(=O)OC(C)(C)C)c2cc(Br)cc(F)c2n1. The molecule has 1 heterocycles. The molecule has 0 atom stereocenters. The van der Waals surface area contributed by atoms with E-state index in [1.807, 2.05) is 0 Å². The number of ether oxygens (including phenoxy) is 4. The van der Waals surface area contributed by atoms with Gasteiger partial charge in [-0.3, -0.25) is 0 Å². The summed E-state index contributed by atoms with van der Waals surface area (Å²) >= 11 is 3.21. The lowest BCUT2D eigenvalue weighted by molar-refractivity contribution is -0.0115. The summed E-state index contributed by atoms with van der Waals surface area (Å²) in [5, 5.41) is 0.366. The second-order valence-electron chi connectivity index (χ2n) is 5.96. The van der Waals surface area contributed by atoms with Crippen molar-refractivity contribution in [1.29, 1.82) is 0 Å². The van der Waals surface area contributed by atoms with Crippen LogP contribution in [-0.2, 0) is 9.47 Å². The van der Waals surface area contributed by atoms with Crippen molar-refractivity contribution in [3.63, 3.8) is 0 Å². The predicted octanol–water partition coefficient (Wildman–Crippen LogP) is 3.87. The third kappa shape index (κ3) is 5.42. The maximum absolute atomic E-state index is 14.1. The number of nitrogens with zero attached hydrogens (tertiary/aromatic N) is 2. The number of hydrogen-bond acceptors (Lipinski definition) is 7. The summed E-state index contributed by atoms with van der Waals surface area (Å²) in [6.07, 6.45) is -0.796. The van der Waals surface area contributed by atoms with E-state index in [2.05, 4.69) is 25.9 Å². The molecule has 0 spiro atoms. The van der Waals surface area contributed by atoms with Crippen LogP contribution in [0.1, 0.15) is 20.8 Å². The number of benzene rings is 1. The number of aromatic nitrogens is 2. The van der Waals surface area contributed by atoms with Gasteiger partial charge in [0.2, 0.25) is 5.88 Å². The van der Waals surface area contributed by atoms with Gasteiger partial charge in [-0.05, 0) is 32.9 Å². The zero-order valence-electron chi connectivity index (χ0n) is 14.3. The molecule has 0 fully saturated rings. The maximum atomic E-state index is 14.1. The molecule has 0 saturated carbocycles. The molecule has 9 heteroatoms. The van der Waals surface area contributed by atoms with Gasteiger partial charge in [-0.1, -0.05) is 15.9 Å². The van der Waals surface area contributed by atoms with E-state index < -0.39 is 17.6 Å². The van der Waals surface area contributed by atoms with E-state index in [1.54, 1.807) is 26.8 Å². The van der Waals surface area contributed by atoms with Gasteiger partial charge in [0.1, 0.15) is 24.3 Å². The van der Waals surface area contributed by atoms with Crippen LogP contribution in [0.3, 0.4) is 0 Å². The predicted molar refractivity (Wildman–Crippen MR) is 91.4 cm³/mol. The molecule has 7 nitrogen and oxygen atoms in total. The van der Waals surface area contributed by atoms with Crippen molar-refractivity contribution in [3.8, 4) is 11.9 Å². The summed E-state index contributed by atoms with van der Waals surface area (Å²) in [4.78, 5) is 19.5. The van der Waals surface area contributed by atoms with Crippen LogP contribution in [0, 0.1) is 5.82 Å². The molecule has 2 aromatic rings. The third-order valence-corrected chi connectivity index (χ3v) is 3.24. The molecular formula is C16H18BrFN2O5. The lowest BCUT2D eigenvalue weighted by atomic mass is 10.2. The number of carbonyl (C=O) groups is 1. The summed E-state index contributed by atoms with van der Waals surface area (Å²) in [5.41, 5.74) is -0.573. The van der Waals surface area contributed by atoms with Crippen LogP contribution in [0.5, 0.6) is 11.9 Å². The second kappa shape index (κ2) is 7.81. The van der Waals surface area contributed by atoms with Gasteiger partial charge in [0.15, 0.2) is 5.82 Å². The first kappa shape index (κ1) is 19.2. The quantitative estimate of drug-likeness (QED) is 0.540. The summed E-state index contributed by atoms with van der Waals surface area (Å²) in [5.74, 6) is -0.422. The van der Waals surface area contributed by atoms with Crippen LogP contribution in [0.25, 0.3) is 10.9 Å². The Morgan fingerprint density at radius 2 is 1.96 bits per heavy atom. The molecule has 25 heavy (non-hydrogen) atoms. The Hall–Kier alpha value is -2.16. The molecule has 136 valence electrons. The summed E-state index contributed by atoms with van der Waals surface area (Å²) < 4.78 is 35.0. The minimum absolute atomic E-state index is 0.00262.